The van der Waals surface area contributed by atoms with Gasteiger partial charge in [0.15, 0.2) is 0 Å². The van der Waals surface area contributed by atoms with Crippen LogP contribution >= 0.6 is 0 Å². The van der Waals surface area contributed by atoms with Crippen LogP contribution in [0.1, 0.15) is 45.7 Å². The average molecular weight is 328 g/mol. The molecule has 0 aliphatic carbocycles. The predicted octanol–water partition coefficient (Wildman–Crippen LogP) is 6.19. The molecule has 2 aromatic carbocycles. The SMILES string of the molecule is C=C(C)Nc1ccc(NCc2ccc(C)cc2)cc1N.CC.CC. The van der Waals surface area contributed by atoms with Crippen molar-refractivity contribution in [3.05, 3.63) is 65.9 Å². The van der Waals surface area contributed by atoms with Crippen LogP contribution in [0.5, 0.6) is 0 Å². The summed E-state index contributed by atoms with van der Waals surface area (Å²) in [6, 6.07) is 14.4. The quantitative estimate of drug-likeness (QED) is 0.574. The lowest BCUT2D eigenvalue weighted by Gasteiger charge is -2.12. The van der Waals surface area contributed by atoms with Crippen LogP contribution in [-0.2, 0) is 6.54 Å². The molecular weight excluding hydrogens is 294 g/mol. The molecule has 0 saturated heterocycles. The van der Waals surface area contributed by atoms with Crippen LogP contribution in [0.4, 0.5) is 17.1 Å². The molecule has 24 heavy (non-hydrogen) atoms. The van der Waals surface area contributed by atoms with Crippen LogP contribution < -0.4 is 16.4 Å². The second-order valence-electron chi connectivity index (χ2n) is 5.05. The largest absolute Gasteiger partial charge is 0.397 e. The first-order valence-electron chi connectivity index (χ1n) is 8.66. The summed E-state index contributed by atoms with van der Waals surface area (Å²) in [7, 11) is 0. The first kappa shape index (κ1) is 21.6. The van der Waals surface area contributed by atoms with E-state index in [1.807, 2.05) is 52.8 Å². The molecule has 0 spiro atoms. The Kier molecular flexibility index (Phi) is 10.8. The van der Waals surface area contributed by atoms with E-state index in [9.17, 15) is 0 Å². The Labute approximate surface area is 148 Å². The molecule has 0 atom stereocenters. The van der Waals surface area contributed by atoms with Crippen molar-refractivity contribution in [3.63, 3.8) is 0 Å². The van der Waals surface area contributed by atoms with Gasteiger partial charge in [0, 0.05) is 17.9 Å². The Morgan fingerprint density at radius 1 is 1.00 bits per heavy atom. The molecule has 0 amide bonds. The molecule has 0 heterocycles. The zero-order valence-corrected chi connectivity index (χ0v) is 16.0. The molecule has 0 bridgehead atoms. The number of hydrogen-bond donors (Lipinski definition) is 3. The van der Waals surface area contributed by atoms with Gasteiger partial charge < -0.3 is 16.4 Å². The summed E-state index contributed by atoms with van der Waals surface area (Å²) in [6.07, 6.45) is 0. The van der Waals surface area contributed by atoms with Crippen LogP contribution in [0, 0.1) is 6.92 Å². The van der Waals surface area contributed by atoms with Crippen molar-refractivity contribution in [3.8, 4) is 0 Å². The third kappa shape index (κ3) is 7.73. The summed E-state index contributed by atoms with van der Waals surface area (Å²) in [6.45, 7) is 16.6. The molecule has 2 rings (SSSR count). The first-order chi connectivity index (χ1) is 11.5. The molecule has 0 aliphatic heterocycles. The van der Waals surface area contributed by atoms with Gasteiger partial charge in [-0.25, -0.2) is 0 Å². The third-order valence-electron chi connectivity index (χ3n) is 3.02. The molecule has 0 aliphatic rings. The Balaban J connectivity index is 0.00000123. The average Bonchev–Trinajstić information content (AvgIpc) is 2.60. The normalized spacial score (nSPS) is 8.92. The summed E-state index contributed by atoms with van der Waals surface area (Å²) in [4.78, 5) is 0. The molecule has 0 aromatic heterocycles. The number of nitrogens with two attached hydrogens (primary N) is 1. The van der Waals surface area contributed by atoms with E-state index in [-0.39, 0.29) is 0 Å². The number of hydrogen-bond acceptors (Lipinski definition) is 3. The number of nitrogen functional groups attached to an aromatic ring is 1. The molecule has 132 valence electrons. The van der Waals surface area contributed by atoms with Crippen molar-refractivity contribution >= 4 is 17.1 Å². The van der Waals surface area contributed by atoms with Gasteiger partial charge in [-0.3, -0.25) is 0 Å². The van der Waals surface area contributed by atoms with Gasteiger partial charge in [-0.2, -0.15) is 0 Å². The van der Waals surface area contributed by atoms with E-state index in [4.69, 9.17) is 5.73 Å². The van der Waals surface area contributed by atoms with Crippen molar-refractivity contribution in [2.75, 3.05) is 16.4 Å². The van der Waals surface area contributed by atoms with E-state index in [1.54, 1.807) is 0 Å². The lowest BCUT2D eigenvalue weighted by atomic mass is 10.1. The lowest BCUT2D eigenvalue weighted by Crippen LogP contribution is -2.02. The fourth-order valence-corrected chi connectivity index (χ4v) is 1.93. The molecule has 0 unspecified atom stereocenters. The van der Waals surface area contributed by atoms with Crippen molar-refractivity contribution < 1.29 is 0 Å². The van der Waals surface area contributed by atoms with E-state index >= 15 is 0 Å². The standard InChI is InChI=1S/C17H21N3.2C2H6/c1-12(2)20-17-9-8-15(10-16(17)18)19-11-14-6-4-13(3)5-7-14;2*1-2/h4-10,19-20H,1,11,18H2,2-3H3;2*1-2H3. The topological polar surface area (TPSA) is 50.1 Å². The van der Waals surface area contributed by atoms with Gasteiger partial charge in [0.05, 0.1) is 11.4 Å². The summed E-state index contributed by atoms with van der Waals surface area (Å²) < 4.78 is 0. The van der Waals surface area contributed by atoms with E-state index < -0.39 is 0 Å². The van der Waals surface area contributed by atoms with Gasteiger partial charge in [-0.1, -0.05) is 64.1 Å². The zero-order valence-electron chi connectivity index (χ0n) is 16.0. The summed E-state index contributed by atoms with van der Waals surface area (Å²) in [5.74, 6) is 0. The summed E-state index contributed by atoms with van der Waals surface area (Å²) in [5, 5.41) is 6.50. The number of benzene rings is 2. The van der Waals surface area contributed by atoms with Gasteiger partial charge >= 0.3 is 0 Å². The van der Waals surface area contributed by atoms with Gasteiger partial charge in [0.25, 0.3) is 0 Å². The fraction of sp³-hybridized carbons (Fsp3) is 0.333. The molecule has 4 N–H and O–H groups in total. The maximum Gasteiger partial charge on any atom is 0.0616 e. The Hall–Kier alpha value is -2.42. The van der Waals surface area contributed by atoms with Gasteiger partial charge in [-0.05, 0) is 37.6 Å². The minimum atomic E-state index is 0.710. The molecule has 2 aromatic rings. The van der Waals surface area contributed by atoms with E-state index in [0.717, 1.165) is 23.6 Å². The smallest absolute Gasteiger partial charge is 0.0616 e. The van der Waals surface area contributed by atoms with Crippen LogP contribution in [0.15, 0.2) is 54.7 Å². The van der Waals surface area contributed by atoms with Crippen LogP contribution in [0.2, 0.25) is 0 Å². The van der Waals surface area contributed by atoms with E-state index in [0.29, 0.717) is 5.69 Å². The van der Waals surface area contributed by atoms with Gasteiger partial charge in [0.2, 0.25) is 0 Å². The Bertz CT molecular complexity index is 601. The van der Waals surface area contributed by atoms with Crippen molar-refractivity contribution in [2.45, 2.75) is 48.1 Å². The number of aryl methyl sites for hydroxylation is 1. The Morgan fingerprint density at radius 2 is 1.58 bits per heavy atom. The zero-order chi connectivity index (χ0) is 18.5. The molecule has 3 heteroatoms. The molecule has 0 radical (unpaired) electrons. The maximum absolute atomic E-state index is 6.01. The number of allylic oxidation sites excluding steroid dienone is 1. The minimum absolute atomic E-state index is 0.710. The predicted molar refractivity (Wildman–Crippen MR) is 110 cm³/mol. The highest BCUT2D eigenvalue weighted by Crippen LogP contribution is 2.24. The monoisotopic (exact) mass is 327 g/mol. The van der Waals surface area contributed by atoms with E-state index in [1.165, 1.54) is 11.1 Å². The molecule has 0 saturated carbocycles. The van der Waals surface area contributed by atoms with Crippen molar-refractivity contribution in [2.24, 2.45) is 0 Å². The molecule has 0 fully saturated rings. The van der Waals surface area contributed by atoms with Crippen molar-refractivity contribution in [1.29, 1.82) is 0 Å². The highest BCUT2D eigenvalue weighted by atomic mass is 14.9. The lowest BCUT2D eigenvalue weighted by molar-refractivity contribution is 1.14. The minimum Gasteiger partial charge on any atom is -0.397 e. The highest BCUT2D eigenvalue weighted by Gasteiger charge is 2.01. The van der Waals surface area contributed by atoms with Crippen molar-refractivity contribution in [1.82, 2.24) is 0 Å². The van der Waals surface area contributed by atoms with Gasteiger partial charge in [0.1, 0.15) is 0 Å². The number of nitrogens with one attached hydrogen (secondary N) is 2. The second-order valence-corrected chi connectivity index (χ2v) is 5.05. The second kappa shape index (κ2) is 12.1. The molecular formula is C21H33N3. The summed E-state index contributed by atoms with van der Waals surface area (Å²) in [5.41, 5.74) is 12.0. The van der Waals surface area contributed by atoms with Gasteiger partial charge in [-0.15, -0.1) is 0 Å². The number of rotatable bonds is 5. The van der Waals surface area contributed by atoms with Crippen LogP contribution in [0.25, 0.3) is 0 Å². The number of anilines is 3. The third-order valence-corrected chi connectivity index (χ3v) is 3.02. The fourth-order valence-electron chi connectivity index (χ4n) is 1.93. The maximum atomic E-state index is 6.01. The molecule has 3 nitrogen and oxygen atoms in total. The first-order valence-corrected chi connectivity index (χ1v) is 8.66. The van der Waals surface area contributed by atoms with Crippen LogP contribution in [-0.4, -0.2) is 0 Å². The van der Waals surface area contributed by atoms with E-state index in [2.05, 4.69) is 48.4 Å². The Morgan fingerprint density at radius 3 is 2.08 bits per heavy atom. The summed E-state index contributed by atoms with van der Waals surface area (Å²) >= 11 is 0. The van der Waals surface area contributed by atoms with Crippen LogP contribution in [0.3, 0.4) is 0 Å². The highest BCUT2D eigenvalue weighted by molar-refractivity contribution is 5.72.